The van der Waals surface area contributed by atoms with Crippen molar-refractivity contribution in [2.75, 3.05) is 5.43 Å². The SMILES string of the molecule is O=C(NNc1ncnc2c1cnn2-c1ccc(F)cc1)c1ccc(Cl)cc1. The maximum atomic E-state index is 13.1. The third-order valence-corrected chi connectivity index (χ3v) is 4.09. The van der Waals surface area contributed by atoms with Crippen molar-refractivity contribution in [3.63, 3.8) is 0 Å². The Morgan fingerprint density at radius 1 is 1.04 bits per heavy atom. The lowest BCUT2D eigenvalue weighted by Gasteiger charge is -2.09. The summed E-state index contributed by atoms with van der Waals surface area (Å²) in [5.41, 5.74) is 6.96. The van der Waals surface area contributed by atoms with Gasteiger partial charge in [0.2, 0.25) is 0 Å². The molecular formula is C18H12ClFN6O. The van der Waals surface area contributed by atoms with Gasteiger partial charge in [-0.2, -0.15) is 5.10 Å². The van der Waals surface area contributed by atoms with Gasteiger partial charge >= 0.3 is 0 Å². The zero-order chi connectivity index (χ0) is 18.8. The van der Waals surface area contributed by atoms with Gasteiger partial charge in [-0.25, -0.2) is 19.0 Å². The summed E-state index contributed by atoms with van der Waals surface area (Å²) >= 11 is 5.82. The molecule has 2 aromatic heterocycles. The number of halogens is 2. The summed E-state index contributed by atoms with van der Waals surface area (Å²) in [6.45, 7) is 0. The fraction of sp³-hybridized carbons (Fsp3) is 0. The molecule has 2 aromatic carbocycles. The van der Waals surface area contributed by atoms with Gasteiger partial charge in [0.1, 0.15) is 12.1 Å². The predicted octanol–water partition coefficient (Wildman–Crippen LogP) is 3.36. The molecule has 9 heteroatoms. The molecule has 0 spiro atoms. The number of carbonyl (C=O) groups is 1. The summed E-state index contributed by atoms with van der Waals surface area (Å²) in [5, 5.41) is 5.42. The van der Waals surface area contributed by atoms with E-state index in [0.717, 1.165) is 0 Å². The highest BCUT2D eigenvalue weighted by Gasteiger charge is 2.12. The second-order valence-electron chi connectivity index (χ2n) is 5.58. The summed E-state index contributed by atoms with van der Waals surface area (Å²) < 4.78 is 14.7. The molecule has 0 fully saturated rings. The zero-order valence-corrected chi connectivity index (χ0v) is 14.5. The molecule has 7 nitrogen and oxygen atoms in total. The predicted molar refractivity (Wildman–Crippen MR) is 99.2 cm³/mol. The highest BCUT2D eigenvalue weighted by atomic mass is 35.5. The van der Waals surface area contributed by atoms with Gasteiger partial charge in [-0.15, -0.1) is 0 Å². The van der Waals surface area contributed by atoms with Crippen LogP contribution in [-0.2, 0) is 0 Å². The minimum absolute atomic E-state index is 0.336. The van der Waals surface area contributed by atoms with E-state index in [9.17, 15) is 9.18 Å². The van der Waals surface area contributed by atoms with Gasteiger partial charge in [-0.05, 0) is 48.5 Å². The molecule has 27 heavy (non-hydrogen) atoms. The average Bonchev–Trinajstić information content (AvgIpc) is 3.12. The molecule has 0 atom stereocenters. The lowest BCUT2D eigenvalue weighted by atomic mass is 10.2. The fourth-order valence-electron chi connectivity index (χ4n) is 2.50. The molecule has 2 N–H and O–H groups in total. The number of fused-ring (bicyclic) bond motifs is 1. The van der Waals surface area contributed by atoms with E-state index in [1.807, 2.05) is 0 Å². The van der Waals surface area contributed by atoms with E-state index >= 15 is 0 Å². The number of carbonyl (C=O) groups excluding carboxylic acids is 1. The molecule has 0 bridgehead atoms. The molecule has 0 radical (unpaired) electrons. The zero-order valence-electron chi connectivity index (χ0n) is 13.7. The monoisotopic (exact) mass is 382 g/mol. The Morgan fingerprint density at radius 2 is 1.78 bits per heavy atom. The van der Waals surface area contributed by atoms with Crippen molar-refractivity contribution in [1.82, 2.24) is 25.2 Å². The molecule has 2 heterocycles. The number of rotatable bonds is 4. The van der Waals surface area contributed by atoms with E-state index in [4.69, 9.17) is 11.6 Å². The lowest BCUT2D eigenvalue weighted by Crippen LogP contribution is -2.29. The van der Waals surface area contributed by atoms with E-state index < -0.39 is 0 Å². The Morgan fingerprint density at radius 3 is 2.52 bits per heavy atom. The Bertz CT molecular complexity index is 1110. The lowest BCUT2D eigenvalue weighted by molar-refractivity contribution is 0.0962. The topological polar surface area (TPSA) is 84.7 Å². The molecule has 4 aromatic rings. The number of hydrogen-bond acceptors (Lipinski definition) is 5. The summed E-state index contributed by atoms with van der Waals surface area (Å²) in [5.74, 6) is -0.294. The van der Waals surface area contributed by atoms with Gasteiger partial charge in [-0.1, -0.05) is 11.6 Å². The van der Waals surface area contributed by atoms with Crippen LogP contribution in [0.15, 0.2) is 61.1 Å². The fourth-order valence-corrected chi connectivity index (χ4v) is 2.63. The molecule has 4 rings (SSSR count). The minimum atomic E-state index is -0.343. The Hall–Kier alpha value is -3.52. The van der Waals surface area contributed by atoms with Gasteiger partial charge < -0.3 is 0 Å². The van der Waals surface area contributed by atoms with Gasteiger partial charge in [0.25, 0.3) is 5.91 Å². The Balaban J connectivity index is 1.58. The maximum Gasteiger partial charge on any atom is 0.269 e. The summed E-state index contributed by atoms with van der Waals surface area (Å²) in [4.78, 5) is 20.6. The van der Waals surface area contributed by atoms with Crippen LogP contribution in [0.5, 0.6) is 0 Å². The van der Waals surface area contributed by atoms with Gasteiger partial charge in [-0.3, -0.25) is 15.6 Å². The summed E-state index contributed by atoms with van der Waals surface area (Å²) in [6.07, 6.45) is 2.91. The van der Waals surface area contributed by atoms with Crippen LogP contribution >= 0.6 is 11.6 Å². The average molecular weight is 383 g/mol. The smallest absolute Gasteiger partial charge is 0.269 e. The van der Waals surface area contributed by atoms with E-state index in [-0.39, 0.29) is 11.7 Å². The van der Waals surface area contributed by atoms with Crippen molar-refractivity contribution in [1.29, 1.82) is 0 Å². The van der Waals surface area contributed by atoms with Crippen molar-refractivity contribution in [3.8, 4) is 5.69 Å². The first-order valence-corrected chi connectivity index (χ1v) is 8.26. The molecule has 0 aliphatic carbocycles. The van der Waals surface area contributed by atoms with Crippen molar-refractivity contribution < 1.29 is 9.18 Å². The normalized spacial score (nSPS) is 10.7. The number of nitrogens with zero attached hydrogens (tertiary/aromatic N) is 4. The number of benzene rings is 2. The molecule has 0 aliphatic heterocycles. The molecule has 134 valence electrons. The van der Waals surface area contributed by atoms with E-state index in [1.54, 1.807) is 47.3 Å². The van der Waals surface area contributed by atoms with E-state index in [2.05, 4.69) is 25.9 Å². The number of hydrazine groups is 1. The van der Waals surface area contributed by atoms with Crippen LogP contribution in [0, 0.1) is 5.82 Å². The molecule has 1 amide bonds. The second-order valence-corrected chi connectivity index (χ2v) is 6.01. The summed E-state index contributed by atoms with van der Waals surface area (Å²) in [7, 11) is 0. The van der Waals surface area contributed by atoms with Crippen molar-refractivity contribution in [3.05, 3.63) is 77.5 Å². The Kier molecular flexibility index (Phi) is 4.39. The Labute approximate surface area is 157 Å². The van der Waals surface area contributed by atoms with Crippen molar-refractivity contribution in [2.24, 2.45) is 0 Å². The molecule has 0 unspecified atom stereocenters. The first kappa shape index (κ1) is 16.9. The number of hydrogen-bond donors (Lipinski definition) is 2. The molecular weight excluding hydrogens is 371 g/mol. The first-order chi connectivity index (χ1) is 13.1. The minimum Gasteiger partial charge on any atom is -0.281 e. The standard InChI is InChI=1S/C18H12ClFN6O/c19-12-3-1-11(2-4-12)18(27)25-24-16-15-9-23-26(17(15)22-10-21-16)14-7-5-13(20)6-8-14/h1-10H,(H,25,27)(H,21,22,24). The number of aromatic nitrogens is 4. The van der Waals surface area contributed by atoms with Crippen LogP contribution in [0.4, 0.5) is 10.2 Å². The van der Waals surface area contributed by atoms with Crippen LogP contribution in [0.2, 0.25) is 5.02 Å². The van der Waals surface area contributed by atoms with E-state index in [0.29, 0.717) is 33.1 Å². The second kappa shape index (κ2) is 7.00. The van der Waals surface area contributed by atoms with Gasteiger partial charge in [0.05, 0.1) is 17.3 Å². The van der Waals surface area contributed by atoms with Crippen LogP contribution in [0.1, 0.15) is 10.4 Å². The maximum absolute atomic E-state index is 13.1. The van der Waals surface area contributed by atoms with E-state index in [1.165, 1.54) is 18.5 Å². The number of anilines is 1. The molecule has 0 saturated heterocycles. The van der Waals surface area contributed by atoms with Crippen LogP contribution in [0.3, 0.4) is 0 Å². The number of amides is 1. The van der Waals surface area contributed by atoms with Crippen molar-refractivity contribution in [2.45, 2.75) is 0 Å². The number of nitrogens with one attached hydrogen (secondary N) is 2. The third-order valence-electron chi connectivity index (χ3n) is 3.84. The molecule has 0 saturated carbocycles. The van der Waals surface area contributed by atoms with Crippen LogP contribution < -0.4 is 10.9 Å². The van der Waals surface area contributed by atoms with Crippen LogP contribution in [-0.4, -0.2) is 25.7 Å². The third kappa shape index (κ3) is 3.42. The quantitative estimate of drug-likeness (QED) is 0.529. The van der Waals surface area contributed by atoms with Crippen molar-refractivity contribution >= 4 is 34.4 Å². The largest absolute Gasteiger partial charge is 0.281 e. The first-order valence-electron chi connectivity index (χ1n) is 7.88. The highest BCUT2D eigenvalue weighted by molar-refractivity contribution is 6.30. The summed E-state index contributed by atoms with van der Waals surface area (Å²) in [6, 6.07) is 12.4. The highest BCUT2D eigenvalue weighted by Crippen LogP contribution is 2.21. The molecule has 0 aliphatic rings. The van der Waals surface area contributed by atoms with Crippen LogP contribution in [0.25, 0.3) is 16.7 Å². The van der Waals surface area contributed by atoms with Gasteiger partial charge in [0.15, 0.2) is 11.5 Å². The van der Waals surface area contributed by atoms with Gasteiger partial charge in [0, 0.05) is 10.6 Å².